The van der Waals surface area contributed by atoms with Crippen LogP contribution in [0.1, 0.15) is 16.5 Å². The Labute approximate surface area is 172 Å². The van der Waals surface area contributed by atoms with Crippen LogP contribution < -0.4 is 9.64 Å². The van der Waals surface area contributed by atoms with Crippen LogP contribution in [-0.4, -0.2) is 25.1 Å². The fraction of sp³-hybridized carbons (Fsp3) is 0.130. The van der Waals surface area contributed by atoms with Crippen LogP contribution >= 0.6 is 11.3 Å². The summed E-state index contributed by atoms with van der Waals surface area (Å²) in [5.41, 5.74) is 1.63. The first-order chi connectivity index (χ1) is 14.2. The van der Waals surface area contributed by atoms with E-state index in [4.69, 9.17) is 9.47 Å². The molecule has 4 rings (SSSR count). The first-order valence-corrected chi connectivity index (χ1v) is 10.1. The minimum Gasteiger partial charge on any atom is -0.489 e. The third kappa shape index (κ3) is 4.38. The number of para-hydroxylation sites is 2. The van der Waals surface area contributed by atoms with Crippen molar-refractivity contribution in [3.63, 3.8) is 0 Å². The van der Waals surface area contributed by atoms with Crippen molar-refractivity contribution < 1.29 is 19.1 Å². The fourth-order valence-corrected chi connectivity index (χ4v) is 3.82. The second-order valence-electron chi connectivity index (χ2n) is 6.43. The fourth-order valence-electron chi connectivity index (χ4n) is 3.20. The molecule has 1 atom stereocenters. The Morgan fingerprint density at radius 2 is 1.86 bits per heavy atom. The lowest BCUT2D eigenvalue weighted by Gasteiger charge is -2.37. The number of benzene rings is 2. The highest BCUT2D eigenvalue weighted by Gasteiger charge is 2.33. The highest BCUT2D eigenvalue weighted by Crippen LogP contribution is 2.39. The minimum absolute atomic E-state index is 0.293. The largest absolute Gasteiger partial charge is 0.489 e. The van der Waals surface area contributed by atoms with Gasteiger partial charge in [-0.1, -0.05) is 48.5 Å². The Morgan fingerprint density at radius 1 is 1.07 bits per heavy atom. The zero-order valence-electron chi connectivity index (χ0n) is 15.6. The molecule has 0 saturated heterocycles. The molecule has 0 spiro atoms. The molecule has 1 aliphatic heterocycles. The minimum atomic E-state index is -0.551. The molecule has 2 aromatic carbocycles. The van der Waals surface area contributed by atoms with E-state index in [1.807, 2.05) is 72.1 Å². The predicted molar refractivity (Wildman–Crippen MR) is 113 cm³/mol. The lowest BCUT2D eigenvalue weighted by Crippen LogP contribution is -2.43. The number of nitrogens with zero attached hydrogens (tertiary/aromatic N) is 1. The van der Waals surface area contributed by atoms with Gasteiger partial charge in [-0.2, -0.15) is 0 Å². The SMILES string of the molecule is O=C(/C=C/c1cccs1)OCC(=O)N1c2ccccc2OC[C@H]1c1ccccc1. The number of ether oxygens (including phenoxy) is 2. The van der Waals surface area contributed by atoms with Crippen LogP contribution in [0.4, 0.5) is 5.69 Å². The second-order valence-corrected chi connectivity index (χ2v) is 7.40. The first-order valence-electron chi connectivity index (χ1n) is 9.19. The van der Waals surface area contributed by atoms with Gasteiger partial charge in [0.15, 0.2) is 6.61 Å². The van der Waals surface area contributed by atoms with Crippen LogP contribution in [0.25, 0.3) is 6.08 Å². The normalized spacial score (nSPS) is 15.6. The van der Waals surface area contributed by atoms with Gasteiger partial charge in [-0.05, 0) is 35.2 Å². The van der Waals surface area contributed by atoms with Gasteiger partial charge in [-0.3, -0.25) is 9.69 Å². The van der Waals surface area contributed by atoms with Crippen molar-refractivity contribution in [3.05, 3.63) is 88.6 Å². The molecule has 5 nitrogen and oxygen atoms in total. The molecule has 0 fully saturated rings. The lowest BCUT2D eigenvalue weighted by atomic mass is 10.0. The van der Waals surface area contributed by atoms with Gasteiger partial charge in [0.25, 0.3) is 5.91 Å². The number of esters is 1. The Kier molecular flexibility index (Phi) is 5.72. The summed E-state index contributed by atoms with van der Waals surface area (Å²) in [6.45, 7) is -0.00965. The first kappa shape index (κ1) is 19.0. The Bertz CT molecular complexity index is 1010. The van der Waals surface area contributed by atoms with Gasteiger partial charge in [0.05, 0.1) is 11.7 Å². The summed E-state index contributed by atoms with van der Waals surface area (Å²) < 4.78 is 11.1. The topological polar surface area (TPSA) is 55.8 Å². The molecule has 29 heavy (non-hydrogen) atoms. The zero-order chi connectivity index (χ0) is 20.1. The molecule has 0 aliphatic carbocycles. The molecular formula is C23H19NO4S. The van der Waals surface area contributed by atoms with Crippen LogP contribution in [0.2, 0.25) is 0 Å². The van der Waals surface area contributed by atoms with Crippen LogP contribution in [0.5, 0.6) is 5.75 Å². The highest BCUT2D eigenvalue weighted by atomic mass is 32.1. The summed E-state index contributed by atoms with van der Waals surface area (Å²) in [5, 5.41) is 1.92. The van der Waals surface area contributed by atoms with Crippen LogP contribution in [0.3, 0.4) is 0 Å². The van der Waals surface area contributed by atoms with Gasteiger partial charge in [-0.15, -0.1) is 11.3 Å². The van der Waals surface area contributed by atoms with Gasteiger partial charge in [0.2, 0.25) is 0 Å². The van der Waals surface area contributed by atoms with E-state index in [0.29, 0.717) is 18.0 Å². The van der Waals surface area contributed by atoms with Crippen molar-refractivity contribution in [2.75, 3.05) is 18.1 Å². The number of hydrogen-bond donors (Lipinski definition) is 0. The highest BCUT2D eigenvalue weighted by molar-refractivity contribution is 7.10. The molecule has 1 aliphatic rings. The van der Waals surface area contributed by atoms with E-state index >= 15 is 0 Å². The third-order valence-electron chi connectivity index (χ3n) is 4.55. The number of fused-ring (bicyclic) bond motifs is 1. The average molecular weight is 405 g/mol. The lowest BCUT2D eigenvalue weighted by molar-refractivity contribution is -0.143. The smallest absolute Gasteiger partial charge is 0.331 e. The Morgan fingerprint density at radius 3 is 2.66 bits per heavy atom. The summed E-state index contributed by atoms with van der Waals surface area (Å²) in [7, 11) is 0. The molecule has 3 aromatic rings. The van der Waals surface area contributed by atoms with E-state index in [-0.39, 0.29) is 18.6 Å². The number of carbonyl (C=O) groups excluding carboxylic acids is 2. The molecule has 6 heteroatoms. The van der Waals surface area contributed by atoms with Crippen LogP contribution in [0, 0.1) is 0 Å². The van der Waals surface area contributed by atoms with Gasteiger partial charge in [0.1, 0.15) is 12.4 Å². The molecule has 0 saturated carbocycles. The summed E-state index contributed by atoms with van der Waals surface area (Å²) in [5.74, 6) is -0.214. The quantitative estimate of drug-likeness (QED) is 0.464. The second kappa shape index (κ2) is 8.75. The molecule has 0 unspecified atom stereocenters. The van der Waals surface area contributed by atoms with Gasteiger partial charge in [0, 0.05) is 11.0 Å². The van der Waals surface area contributed by atoms with Gasteiger partial charge >= 0.3 is 5.97 Å². The maximum absolute atomic E-state index is 13.1. The summed E-state index contributed by atoms with van der Waals surface area (Å²) >= 11 is 1.52. The van der Waals surface area contributed by atoms with E-state index in [1.54, 1.807) is 11.0 Å². The Hall–Kier alpha value is -3.38. The monoisotopic (exact) mass is 405 g/mol. The van der Waals surface area contributed by atoms with E-state index in [1.165, 1.54) is 17.4 Å². The standard InChI is InChI=1S/C23H19NO4S/c25-22(16-28-23(26)13-12-18-9-6-14-29-18)24-19-10-4-5-11-21(19)27-15-20(24)17-7-2-1-3-8-17/h1-14,20H,15-16H2/b13-12+/t20-/m0/s1. The number of amides is 1. The van der Waals surface area contributed by atoms with E-state index < -0.39 is 5.97 Å². The number of hydrogen-bond acceptors (Lipinski definition) is 5. The van der Waals surface area contributed by atoms with Crippen molar-refractivity contribution in [2.45, 2.75) is 6.04 Å². The average Bonchev–Trinajstić information content (AvgIpc) is 3.29. The molecule has 1 amide bonds. The van der Waals surface area contributed by atoms with Gasteiger partial charge in [-0.25, -0.2) is 4.79 Å². The van der Waals surface area contributed by atoms with E-state index in [0.717, 1.165) is 10.4 Å². The van der Waals surface area contributed by atoms with E-state index in [9.17, 15) is 9.59 Å². The Balaban J connectivity index is 1.51. The molecular weight excluding hydrogens is 386 g/mol. The summed E-state index contributed by atoms with van der Waals surface area (Å²) in [6.07, 6.45) is 3.01. The number of anilines is 1. The van der Waals surface area contributed by atoms with Crippen molar-refractivity contribution in [2.24, 2.45) is 0 Å². The van der Waals surface area contributed by atoms with Crippen molar-refractivity contribution in [1.82, 2.24) is 0 Å². The molecule has 1 aromatic heterocycles. The molecule has 2 heterocycles. The van der Waals surface area contributed by atoms with E-state index in [2.05, 4.69) is 0 Å². The van der Waals surface area contributed by atoms with Crippen LogP contribution in [0.15, 0.2) is 78.2 Å². The molecule has 146 valence electrons. The maximum Gasteiger partial charge on any atom is 0.331 e. The van der Waals surface area contributed by atoms with Crippen molar-refractivity contribution in [3.8, 4) is 5.75 Å². The number of rotatable bonds is 5. The van der Waals surface area contributed by atoms with Crippen molar-refractivity contribution in [1.29, 1.82) is 0 Å². The molecule has 0 radical (unpaired) electrons. The number of carbonyl (C=O) groups is 2. The summed E-state index contributed by atoms with van der Waals surface area (Å²) in [4.78, 5) is 27.7. The molecule has 0 bridgehead atoms. The molecule has 0 N–H and O–H groups in total. The predicted octanol–water partition coefficient (Wildman–Crippen LogP) is 4.47. The third-order valence-corrected chi connectivity index (χ3v) is 5.39. The van der Waals surface area contributed by atoms with Crippen molar-refractivity contribution >= 4 is 35.0 Å². The number of thiophene rings is 1. The maximum atomic E-state index is 13.1. The zero-order valence-corrected chi connectivity index (χ0v) is 16.4. The van der Waals surface area contributed by atoms with Crippen LogP contribution in [-0.2, 0) is 14.3 Å². The van der Waals surface area contributed by atoms with Gasteiger partial charge < -0.3 is 9.47 Å². The summed E-state index contributed by atoms with van der Waals surface area (Å²) in [6, 6.07) is 20.6.